The summed E-state index contributed by atoms with van der Waals surface area (Å²) < 4.78 is 37.8. The van der Waals surface area contributed by atoms with Crippen LogP contribution in [0.1, 0.15) is 31.2 Å². The van der Waals surface area contributed by atoms with Crippen LogP contribution in [0.5, 0.6) is 0 Å². The first-order chi connectivity index (χ1) is 9.75. The molecule has 0 aromatic carbocycles. The second kappa shape index (κ2) is 5.51. The highest BCUT2D eigenvalue weighted by molar-refractivity contribution is 5.53. The van der Waals surface area contributed by atoms with Gasteiger partial charge in [0.1, 0.15) is 5.82 Å². The summed E-state index contributed by atoms with van der Waals surface area (Å²) in [5.41, 5.74) is 4.81. The Balaban J connectivity index is 2.30. The quantitative estimate of drug-likeness (QED) is 0.905. The Labute approximate surface area is 118 Å². The third kappa shape index (κ3) is 3.77. The van der Waals surface area contributed by atoms with Gasteiger partial charge in [-0.05, 0) is 6.07 Å². The second-order valence-electron chi connectivity index (χ2n) is 4.62. The van der Waals surface area contributed by atoms with Crippen LogP contribution < -0.4 is 11.1 Å². The molecule has 0 aliphatic carbocycles. The molecule has 3 N–H and O–H groups in total. The van der Waals surface area contributed by atoms with Crippen molar-refractivity contribution in [3.8, 4) is 0 Å². The fraction of sp³-hybridized carbons (Fsp3) is 0.333. The largest absolute Gasteiger partial charge is 0.417 e. The monoisotopic (exact) mass is 298 g/mol. The minimum atomic E-state index is -4.47. The summed E-state index contributed by atoms with van der Waals surface area (Å²) in [7, 11) is 0. The van der Waals surface area contributed by atoms with Gasteiger partial charge in [0.15, 0.2) is 0 Å². The maximum atomic E-state index is 12.6. The van der Waals surface area contributed by atoms with E-state index < -0.39 is 11.7 Å². The second-order valence-corrected chi connectivity index (χ2v) is 4.62. The van der Waals surface area contributed by atoms with Gasteiger partial charge in [-0.2, -0.15) is 28.1 Å². The van der Waals surface area contributed by atoms with Crippen molar-refractivity contribution in [3.05, 3.63) is 29.8 Å². The van der Waals surface area contributed by atoms with Crippen LogP contribution in [-0.4, -0.2) is 19.9 Å². The molecule has 6 nitrogen and oxygen atoms in total. The van der Waals surface area contributed by atoms with Gasteiger partial charge in [0.25, 0.3) is 0 Å². The fourth-order valence-corrected chi connectivity index (χ4v) is 1.52. The highest BCUT2D eigenvalue weighted by Gasteiger charge is 2.31. The topological polar surface area (TPSA) is 89.6 Å². The predicted molar refractivity (Wildman–Crippen MR) is 70.9 cm³/mol. The van der Waals surface area contributed by atoms with Crippen LogP contribution in [0, 0.1) is 0 Å². The Bertz CT molecular complexity index is 641. The van der Waals surface area contributed by atoms with Gasteiger partial charge in [-0.1, -0.05) is 13.8 Å². The summed E-state index contributed by atoms with van der Waals surface area (Å²) in [6.07, 6.45) is -2.48. The summed E-state index contributed by atoms with van der Waals surface area (Å²) in [5.74, 6) is 0.531. The molecule has 2 aromatic rings. The lowest BCUT2D eigenvalue weighted by atomic mass is 10.2. The number of anilines is 3. The van der Waals surface area contributed by atoms with Crippen LogP contribution in [0.25, 0.3) is 0 Å². The number of alkyl halides is 3. The van der Waals surface area contributed by atoms with Gasteiger partial charge >= 0.3 is 6.18 Å². The minimum absolute atomic E-state index is 0.00358. The molecule has 0 unspecified atom stereocenters. The van der Waals surface area contributed by atoms with Gasteiger partial charge in [0.2, 0.25) is 11.9 Å². The molecule has 0 saturated carbocycles. The Morgan fingerprint density at radius 2 is 1.86 bits per heavy atom. The number of nitrogen functional groups attached to an aromatic ring is 1. The van der Waals surface area contributed by atoms with Gasteiger partial charge in [-0.3, -0.25) is 4.98 Å². The molecule has 2 rings (SSSR count). The van der Waals surface area contributed by atoms with E-state index in [9.17, 15) is 13.2 Å². The van der Waals surface area contributed by atoms with E-state index in [2.05, 4.69) is 25.3 Å². The molecule has 0 spiro atoms. The van der Waals surface area contributed by atoms with Crippen LogP contribution in [-0.2, 0) is 6.18 Å². The van der Waals surface area contributed by atoms with E-state index in [1.165, 1.54) is 6.20 Å². The van der Waals surface area contributed by atoms with Crippen LogP contribution in [0.3, 0.4) is 0 Å². The highest BCUT2D eigenvalue weighted by atomic mass is 19.4. The van der Waals surface area contributed by atoms with E-state index in [-0.39, 0.29) is 23.5 Å². The number of aromatic nitrogens is 4. The number of halogens is 3. The molecule has 0 fully saturated rings. The lowest BCUT2D eigenvalue weighted by Crippen LogP contribution is -2.09. The first-order valence-corrected chi connectivity index (χ1v) is 6.06. The molecule has 112 valence electrons. The minimum Gasteiger partial charge on any atom is -0.368 e. The Morgan fingerprint density at radius 3 is 2.48 bits per heavy atom. The van der Waals surface area contributed by atoms with E-state index in [0.29, 0.717) is 5.82 Å². The van der Waals surface area contributed by atoms with Crippen LogP contribution in [0.15, 0.2) is 18.5 Å². The standard InChI is InChI=1S/C12H13F3N6/c1-6(2)9-19-10(16)21-11(20-9)18-8-3-7(4-17-5-8)12(13,14)15/h3-6H,1-2H3,(H3,16,18,19,20,21). The van der Waals surface area contributed by atoms with E-state index in [0.717, 1.165) is 12.3 Å². The molecule has 0 atom stereocenters. The average Bonchev–Trinajstić information content (AvgIpc) is 2.37. The van der Waals surface area contributed by atoms with Crippen molar-refractivity contribution >= 4 is 17.6 Å². The summed E-state index contributed by atoms with van der Waals surface area (Å²) in [6.45, 7) is 3.73. The maximum absolute atomic E-state index is 12.6. The zero-order valence-electron chi connectivity index (χ0n) is 11.3. The van der Waals surface area contributed by atoms with Crippen molar-refractivity contribution in [2.75, 3.05) is 11.1 Å². The van der Waals surface area contributed by atoms with Crippen molar-refractivity contribution in [3.63, 3.8) is 0 Å². The fourth-order valence-electron chi connectivity index (χ4n) is 1.52. The van der Waals surface area contributed by atoms with Crippen molar-refractivity contribution < 1.29 is 13.2 Å². The Hall–Kier alpha value is -2.45. The van der Waals surface area contributed by atoms with Crippen LogP contribution >= 0.6 is 0 Å². The molecule has 21 heavy (non-hydrogen) atoms. The summed E-state index contributed by atoms with van der Waals surface area (Å²) >= 11 is 0. The van der Waals surface area contributed by atoms with Gasteiger partial charge in [0, 0.05) is 12.1 Å². The Kier molecular flexibility index (Phi) is 3.92. The number of nitrogens with one attached hydrogen (secondary N) is 1. The first-order valence-electron chi connectivity index (χ1n) is 6.06. The first kappa shape index (κ1) is 14.9. The van der Waals surface area contributed by atoms with Crippen molar-refractivity contribution in [2.45, 2.75) is 25.9 Å². The zero-order chi connectivity index (χ0) is 15.6. The van der Waals surface area contributed by atoms with Crippen LogP contribution in [0.2, 0.25) is 0 Å². The maximum Gasteiger partial charge on any atom is 0.417 e. The third-order valence-electron chi connectivity index (χ3n) is 2.51. The predicted octanol–water partition coefficient (Wildman–Crippen LogP) is 2.73. The molecule has 2 heterocycles. The molecule has 0 radical (unpaired) electrons. The van der Waals surface area contributed by atoms with Gasteiger partial charge < -0.3 is 11.1 Å². The number of hydrogen-bond acceptors (Lipinski definition) is 6. The zero-order valence-corrected chi connectivity index (χ0v) is 11.3. The molecule has 0 bridgehead atoms. The summed E-state index contributed by atoms with van der Waals surface area (Å²) in [6, 6.07) is 0.919. The lowest BCUT2D eigenvalue weighted by molar-refractivity contribution is -0.137. The van der Waals surface area contributed by atoms with Gasteiger partial charge in [-0.15, -0.1) is 0 Å². The third-order valence-corrected chi connectivity index (χ3v) is 2.51. The number of pyridine rings is 1. The van der Waals surface area contributed by atoms with E-state index in [1.54, 1.807) is 0 Å². The molecule has 0 aliphatic heterocycles. The molecule has 0 saturated heterocycles. The van der Waals surface area contributed by atoms with E-state index in [4.69, 9.17) is 5.73 Å². The van der Waals surface area contributed by atoms with Crippen molar-refractivity contribution in [1.82, 2.24) is 19.9 Å². The van der Waals surface area contributed by atoms with E-state index in [1.807, 2.05) is 13.8 Å². The molecular formula is C12H13F3N6. The van der Waals surface area contributed by atoms with Gasteiger partial charge in [0.05, 0.1) is 17.4 Å². The molecule has 0 amide bonds. The van der Waals surface area contributed by atoms with Gasteiger partial charge in [-0.25, -0.2) is 0 Å². The molecule has 9 heteroatoms. The van der Waals surface area contributed by atoms with E-state index >= 15 is 0 Å². The number of hydrogen-bond donors (Lipinski definition) is 2. The molecule has 0 aliphatic rings. The van der Waals surface area contributed by atoms with Crippen LogP contribution in [0.4, 0.5) is 30.8 Å². The molecular weight excluding hydrogens is 285 g/mol. The van der Waals surface area contributed by atoms with Crippen molar-refractivity contribution in [2.24, 2.45) is 0 Å². The normalized spacial score (nSPS) is 11.7. The van der Waals surface area contributed by atoms with Crippen molar-refractivity contribution in [1.29, 1.82) is 0 Å². The number of nitrogens with two attached hydrogens (primary N) is 1. The number of rotatable bonds is 3. The Morgan fingerprint density at radius 1 is 1.14 bits per heavy atom. The highest BCUT2D eigenvalue weighted by Crippen LogP contribution is 2.30. The average molecular weight is 298 g/mol. The molecule has 2 aromatic heterocycles. The summed E-state index contributed by atoms with van der Waals surface area (Å²) in [5, 5.41) is 2.65. The lowest BCUT2D eigenvalue weighted by Gasteiger charge is -2.10. The smallest absolute Gasteiger partial charge is 0.368 e. The SMILES string of the molecule is CC(C)c1nc(N)nc(Nc2cncc(C(F)(F)F)c2)n1. The summed E-state index contributed by atoms with van der Waals surface area (Å²) in [4.78, 5) is 15.4. The number of nitrogens with zero attached hydrogens (tertiary/aromatic N) is 4.